The molecule has 0 unspecified atom stereocenters. The van der Waals surface area contributed by atoms with Crippen LogP contribution in [0.1, 0.15) is 18.4 Å². The predicted molar refractivity (Wildman–Crippen MR) is 81.1 cm³/mol. The number of nitrogens with one attached hydrogen (secondary N) is 2. The Morgan fingerprint density at radius 2 is 2.14 bits per heavy atom. The maximum Gasteiger partial charge on any atom is 0.240 e. The summed E-state index contributed by atoms with van der Waals surface area (Å²) in [6, 6.07) is 8.16. The van der Waals surface area contributed by atoms with Crippen molar-refractivity contribution in [2.75, 3.05) is 0 Å². The van der Waals surface area contributed by atoms with Crippen LogP contribution in [-0.4, -0.2) is 25.3 Å². The van der Waals surface area contributed by atoms with Gasteiger partial charge in [-0.05, 0) is 23.8 Å². The number of rotatable bonds is 2. The standard InChI is InChI=1S/C14H11N5OS/c20-14-4-3-11(17-18-14)8-1-2-10-9(5-8)6-12(16-10)13-7-15-21-19-13/h1-2,5-7,16H,3-4H2,(H,18,20). The molecular weight excluding hydrogens is 286 g/mol. The van der Waals surface area contributed by atoms with Crippen LogP contribution in [0.3, 0.4) is 0 Å². The van der Waals surface area contributed by atoms with Crippen LogP contribution in [0.5, 0.6) is 0 Å². The minimum absolute atomic E-state index is 0.0280. The molecule has 21 heavy (non-hydrogen) atoms. The highest BCUT2D eigenvalue weighted by atomic mass is 32.1. The Morgan fingerprint density at radius 3 is 2.90 bits per heavy atom. The van der Waals surface area contributed by atoms with Crippen LogP contribution in [0, 0.1) is 0 Å². The van der Waals surface area contributed by atoms with E-state index in [0.717, 1.165) is 33.6 Å². The highest BCUT2D eigenvalue weighted by Gasteiger charge is 2.14. The minimum atomic E-state index is -0.0280. The second-order valence-electron chi connectivity index (χ2n) is 4.87. The molecular formula is C14H11N5OS. The number of benzene rings is 1. The molecule has 1 aromatic carbocycles. The summed E-state index contributed by atoms with van der Waals surface area (Å²) >= 11 is 1.19. The van der Waals surface area contributed by atoms with Gasteiger partial charge in [-0.2, -0.15) is 13.8 Å². The van der Waals surface area contributed by atoms with E-state index in [2.05, 4.69) is 36.4 Å². The molecule has 0 saturated carbocycles. The highest BCUT2D eigenvalue weighted by molar-refractivity contribution is 6.99. The van der Waals surface area contributed by atoms with Gasteiger partial charge in [0.1, 0.15) is 5.69 Å². The number of aromatic nitrogens is 3. The van der Waals surface area contributed by atoms with Crippen LogP contribution in [0.2, 0.25) is 0 Å². The van der Waals surface area contributed by atoms with Crippen LogP contribution in [0.25, 0.3) is 22.3 Å². The molecule has 0 fully saturated rings. The van der Waals surface area contributed by atoms with Crippen molar-refractivity contribution in [3.05, 3.63) is 36.0 Å². The lowest BCUT2D eigenvalue weighted by molar-refractivity contribution is -0.121. The van der Waals surface area contributed by atoms with Crippen LogP contribution in [0.4, 0.5) is 0 Å². The van der Waals surface area contributed by atoms with Gasteiger partial charge in [0.2, 0.25) is 5.91 Å². The summed E-state index contributed by atoms with van der Waals surface area (Å²) in [5.41, 5.74) is 7.32. The van der Waals surface area contributed by atoms with E-state index >= 15 is 0 Å². The zero-order valence-electron chi connectivity index (χ0n) is 11.0. The van der Waals surface area contributed by atoms with Gasteiger partial charge in [0, 0.05) is 23.7 Å². The van der Waals surface area contributed by atoms with Gasteiger partial charge in [0.15, 0.2) is 0 Å². The Balaban J connectivity index is 1.75. The Hall–Kier alpha value is -2.54. The lowest BCUT2D eigenvalue weighted by Crippen LogP contribution is -2.25. The predicted octanol–water partition coefficient (Wildman–Crippen LogP) is 2.30. The zero-order chi connectivity index (χ0) is 14.2. The Morgan fingerprint density at radius 1 is 1.19 bits per heavy atom. The van der Waals surface area contributed by atoms with Crippen molar-refractivity contribution in [3.8, 4) is 11.4 Å². The van der Waals surface area contributed by atoms with Crippen molar-refractivity contribution in [2.45, 2.75) is 12.8 Å². The third-order valence-corrected chi connectivity index (χ3v) is 3.97. The number of hydrogen-bond acceptors (Lipinski definition) is 5. The second-order valence-corrected chi connectivity index (χ2v) is 5.43. The van der Waals surface area contributed by atoms with Gasteiger partial charge in [0.05, 0.1) is 29.3 Å². The number of hydrazone groups is 1. The van der Waals surface area contributed by atoms with Crippen molar-refractivity contribution >= 4 is 34.2 Å². The fourth-order valence-corrected chi connectivity index (χ4v) is 2.84. The topological polar surface area (TPSA) is 83.0 Å². The molecule has 0 radical (unpaired) electrons. The molecule has 3 heterocycles. The molecule has 2 aromatic heterocycles. The van der Waals surface area contributed by atoms with Gasteiger partial charge >= 0.3 is 0 Å². The third-order valence-electron chi connectivity index (χ3n) is 3.50. The van der Waals surface area contributed by atoms with Crippen molar-refractivity contribution in [1.82, 2.24) is 19.2 Å². The number of carbonyl (C=O) groups excluding carboxylic acids is 1. The number of H-pyrrole nitrogens is 1. The van der Waals surface area contributed by atoms with Crippen molar-refractivity contribution in [2.24, 2.45) is 5.10 Å². The van der Waals surface area contributed by atoms with Gasteiger partial charge in [0.25, 0.3) is 0 Å². The van der Waals surface area contributed by atoms with Gasteiger partial charge in [-0.3, -0.25) is 4.79 Å². The first-order valence-electron chi connectivity index (χ1n) is 6.56. The Bertz CT molecular complexity index is 850. The molecule has 7 heteroatoms. The van der Waals surface area contributed by atoms with Gasteiger partial charge in [-0.25, -0.2) is 5.43 Å². The first-order chi connectivity index (χ1) is 10.3. The number of amides is 1. The van der Waals surface area contributed by atoms with Crippen LogP contribution in [-0.2, 0) is 4.79 Å². The quantitative estimate of drug-likeness (QED) is 0.761. The normalized spacial score (nSPS) is 15.0. The average Bonchev–Trinajstić information content (AvgIpc) is 3.16. The number of hydrogen-bond donors (Lipinski definition) is 2. The van der Waals surface area contributed by atoms with Gasteiger partial charge < -0.3 is 4.98 Å². The maximum absolute atomic E-state index is 11.2. The number of nitrogens with zero attached hydrogens (tertiary/aromatic N) is 3. The molecule has 4 rings (SSSR count). The van der Waals surface area contributed by atoms with E-state index < -0.39 is 0 Å². The summed E-state index contributed by atoms with van der Waals surface area (Å²) in [7, 11) is 0. The molecule has 6 nitrogen and oxygen atoms in total. The third kappa shape index (κ3) is 2.21. The van der Waals surface area contributed by atoms with Crippen LogP contribution in [0.15, 0.2) is 35.6 Å². The van der Waals surface area contributed by atoms with Gasteiger partial charge in [-0.1, -0.05) is 6.07 Å². The molecule has 3 aromatic rings. The highest BCUT2D eigenvalue weighted by Crippen LogP contribution is 2.24. The largest absolute Gasteiger partial charge is 0.353 e. The van der Waals surface area contributed by atoms with Crippen molar-refractivity contribution in [3.63, 3.8) is 0 Å². The number of aromatic amines is 1. The SMILES string of the molecule is O=C1CCC(c2ccc3[nH]c(-c4cnsn4)cc3c2)=NN1. The summed E-state index contributed by atoms with van der Waals surface area (Å²) in [5.74, 6) is -0.0280. The Kier molecular flexibility index (Phi) is 2.78. The summed E-state index contributed by atoms with van der Waals surface area (Å²) in [6.45, 7) is 0. The average molecular weight is 297 g/mol. The molecule has 104 valence electrons. The summed E-state index contributed by atoms with van der Waals surface area (Å²) in [6.07, 6.45) is 2.90. The summed E-state index contributed by atoms with van der Waals surface area (Å²) < 4.78 is 8.25. The number of carbonyl (C=O) groups is 1. The first kappa shape index (κ1) is 12.2. The molecule has 0 atom stereocenters. The van der Waals surface area contributed by atoms with Crippen molar-refractivity contribution < 1.29 is 4.79 Å². The Labute approximate surface area is 124 Å². The molecule has 0 bridgehead atoms. The van der Waals surface area contributed by atoms with Gasteiger partial charge in [-0.15, -0.1) is 0 Å². The molecule has 2 N–H and O–H groups in total. The minimum Gasteiger partial charge on any atom is -0.353 e. The van der Waals surface area contributed by atoms with E-state index in [1.165, 1.54) is 11.7 Å². The molecule has 1 amide bonds. The van der Waals surface area contributed by atoms with Crippen LogP contribution >= 0.6 is 11.7 Å². The first-order valence-corrected chi connectivity index (χ1v) is 7.29. The monoisotopic (exact) mass is 297 g/mol. The smallest absolute Gasteiger partial charge is 0.240 e. The lowest BCUT2D eigenvalue weighted by atomic mass is 10.0. The molecule has 0 saturated heterocycles. The second kappa shape index (κ2) is 4.78. The summed E-state index contributed by atoms with van der Waals surface area (Å²) in [4.78, 5) is 14.5. The molecule has 0 aliphatic carbocycles. The number of fused-ring (bicyclic) bond motifs is 1. The zero-order valence-corrected chi connectivity index (χ0v) is 11.8. The molecule has 1 aliphatic rings. The van der Waals surface area contributed by atoms with E-state index in [-0.39, 0.29) is 5.91 Å². The van der Waals surface area contributed by atoms with Crippen LogP contribution < -0.4 is 5.43 Å². The van der Waals surface area contributed by atoms with E-state index in [0.29, 0.717) is 12.8 Å². The van der Waals surface area contributed by atoms with Crippen molar-refractivity contribution in [1.29, 1.82) is 0 Å². The maximum atomic E-state index is 11.2. The molecule has 1 aliphatic heterocycles. The van der Waals surface area contributed by atoms with E-state index in [1.807, 2.05) is 12.1 Å². The lowest BCUT2D eigenvalue weighted by Gasteiger charge is -2.11. The fourth-order valence-electron chi connectivity index (χ4n) is 2.42. The van der Waals surface area contributed by atoms with E-state index in [4.69, 9.17) is 0 Å². The van der Waals surface area contributed by atoms with E-state index in [9.17, 15) is 4.79 Å². The molecule has 0 spiro atoms. The summed E-state index contributed by atoms with van der Waals surface area (Å²) in [5, 5.41) is 5.22. The van der Waals surface area contributed by atoms with E-state index in [1.54, 1.807) is 6.20 Å². The fraction of sp³-hybridized carbons (Fsp3) is 0.143.